The van der Waals surface area contributed by atoms with E-state index in [1.807, 2.05) is 0 Å². The van der Waals surface area contributed by atoms with E-state index in [-0.39, 0.29) is 6.04 Å². The molecule has 0 heterocycles. The summed E-state index contributed by atoms with van der Waals surface area (Å²) in [6, 6.07) is 0.199. The van der Waals surface area contributed by atoms with Crippen molar-refractivity contribution in [3.8, 4) is 0 Å². The summed E-state index contributed by atoms with van der Waals surface area (Å²) in [6.07, 6.45) is 10.5. The highest BCUT2D eigenvalue weighted by Gasteiger charge is 2.25. The summed E-state index contributed by atoms with van der Waals surface area (Å²) in [4.78, 5) is 0. The SMILES string of the molecule is NC(CS(=O)CC1CCCC1)C1CCCC1. The Morgan fingerprint density at radius 1 is 1.06 bits per heavy atom. The summed E-state index contributed by atoms with van der Waals surface area (Å²) in [5, 5.41) is 0. The first-order chi connectivity index (χ1) is 7.75. The van der Waals surface area contributed by atoms with Gasteiger partial charge in [-0.15, -0.1) is 0 Å². The standard InChI is InChI=1S/C13H25NOS/c14-13(12-7-3-4-8-12)10-16(15)9-11-5-1-2-6-11/h11-13H,1-10,14H2. The molecule has 0 radical (unpaired) electrons. The molecule has 94 valence electrons. The minimum Gasteiger partial charge on any atom is -0.327 e. The Hall–Kier alpha value is 0.110. The molecular formula is C13H25NOS. The molecule has 0 bridgehead atoms. The van der Waals surface area contributed by atoms with E-state index in [0.29, 0.717) is 5.92 Å². The summed E-state index contributed by atoms with van der Waals surface area (Å²) in [7, 11) is -0.661. The second-order valence-electron chi connectivity index (χ2n) is 5.63. The average Bonchev–Trinajstić information content (AvgIpc) is 2.88. The molecule has 2 aliphatic rings. The number of rotatable bonds is 5. The van der Waals surface area contributed by atoms with Crippen molar-refractivity contribution in [1.82, 2.24) is 0 Å². The number of hydrogen-bond acceptors (Lipinski definition) is 2. The summed E-state index contributed by atoms with van der Waals surface area (Å²) < 4.78 is 12.0. The molecule has 0 aromatic heterocycles. The van der Waals surface area contributed by atoms with Crippen LogP contribution in [0.25, 0.3) is 0 Å². The van der Waals surface area contributed by atoms with Crippen molar-refractivity contribution in [3.63, 3.8) is 0 Å². The van der Waals surface area contributed by atoms with E-state index in [1.165, 1.54) is 51.4 Å². The predicted molar refractivity (Wildman–Crippen MR) is 69.8 cm³/mol. The molecule has 2 atom stereocenters. The molecule has 0 spiro atoms. The Bertz CT molecular complexity index is 232. The number of nitrogens with two attached hydrogens (primary N) is 1. The van der Waals surface area contributed by atoms with E-state index in [0.717, 1.165) is 17.4 Å². The van der Waals surface area contributed by atoms with Gasteiger partial charge in [0.2, 0.25) is 0 Å². The van der Waals surface area contributed by atoms with Crippen LogP contribution in [0.2, 0.25) is 0 Å². The van der Waals surface area contributed by atoms with E-state index in [9.17, 15) is 4.21 Å². The molecule has 0 aromatic carbocycles. The molecule has 2 fully saturated rings. The van der Waals surface area contributed by atoms with Gasteiger partial charge in [-0.05, 0) is 37.5 Å². The Labute approximate surface area is 102 Å². The first kappa shape index (κ1) is 12.6. The lowest BCUT2D eigenvalue weighted by Gasteiger charge is -2.19. The third-order valence-corrected chi connectivity index (χ3v) is 5.88. The van der Waals surface area contributed by atoms with Gasteiger partial charge in [0.05, 0.1) is 0 Å². The zero-order chi connectivity index (χ0) is 11.4. The van der Waals surface area contributed by atoms with Crippen molar-refractivity contribution in [3.05, 3.63) is 0 Å². The first-order valence-corrected chi connectivity index (χ1v) is 8.35. The lowest BCUT2D eigenvalue weighted by molar-refractivity contribution is 0.459. The lowest BCUT2D eigenvalue weighted by Crippen LogP contribution is -2.35. The Morgan fingerprint density at radius 3 is 2.25 bits per heavy atom. The van der Waals surface area contributed by atoms with Gasteiger partial charge in [-0.2, -0.15) is 0 Å². The van der Waals surface area contributed by atoms with Gasteiger partial charge in [0.25, 0.3) is 0 Å². The molecule has 2 aliphatic carbocycles. The van der Waals surface area contributed by atoms with Crippen LogP contribution in [0.5, 0.6) is 0 Å². The van der Waals surface area contributed by atoms with Gasteiger partial charge in [0.1, 0.15) is 0 Å². The minimum atomic E-state index is -0.661. The zero-order valence-corrected chi connectivity index (χ0v) is 11.0. The Balaban J connectivity index is 1.68. The van der Waals surface area contributed by atoms with Crippen LogP contribution in [-0.2, 0) is 10.8 Å². The molecule has 2 nitrogen and oxygen atoms in total. The van der Waals surface area contributed by atoms with Gasteiger partial charge < -0.3 is 5.73 Å². The van der Waals surface area contributed by atoms with E-state index in [4.69, 9.17) is 5.73 Å². The fourth-order valence-electron chi connectivity index (χ4n) is 3.24. The maximum absolute atomic E-state index is 12.0. The summed E-state index contributed by atoms with van der Waals surface area (Å²) >= 11 is 0. The molecule has 2 N–H and O–H groups in total. The topological polar surface area (TPSA) is 43.1 Å². The molecule has 0 aromatic rings. The van der Waals surface area contributed by atoms with Crippen LogP contribution < -0.4 is 5.73 Å². The predicted octanol–water partition coefficient (Wildman–Crippen LogP) is 2.44. The summed E-state index contributed by atoms with van der Waals surface area (Å²) in [6.45, 7) is 0. The van der Waals surface area contributed by atoms with Crippen LogP contribution in [0.15, 0.2) is 0 Å². The third kappa shape index (κ3) is 3.56. The molecule has 3 heteroatoms. The third-order valence-electron chi connectivity index (χ3n) is 4.28. The van der Waals surface area contributed by atoms with Crippen molar-refractivity contribution in [2.75, 3.05) is 11.5 Å². The van der Waals surface area contributed by atoms with Gasteiger partial charge in [-0.3, -0.25) is 4.21 Å². The van der Waals surface area contributed by atoms with Crippen LogP contribution in [0.4, 0.5) is 0 Å². The van der Waals surface area contributed by atoms with Crippen molar-refractivity contribution in [1.29, 1.82) is 0 Å². The number of hydrogen-bond donors (Lipinski definition) is 1. The van der Waals surface area contributed by atoms with Gasteiger partial charge in [-0.25, -0.2) is 0 Å². The summed E-state index contributed by atoms with van der Waals surface area (Å²) in [5.41, 5.74) is 6.16. The highest BCUT2D eigenvalue weighted by molar-refractivity contribution is 7.85. The van der Waals surface area contributed by atoms with Gasteiger partial charge in [0.15, 0.2) is 0 Å². The van der Waals surface area contributed by atoms with E-state index in [1.54, 1.807) is 0 Å². The Morgan fingerprint density at radius 2 is 1.62 bits per heavy atom. The van der Waals surface area contributed by atoms with Crippen LogP contribution in [0.3, 0.4) is 0 Å². The zero-order valence-electron chi connectivity index (χ0n) is 10.2. The van der Waals surface area contributed by atoms with Crippen LogP contribution >= 0.6 is 0 Å². The maximum atomic E-state index is 12.0. The average molecular weight is 243 g/mol. The van der Waals surface area contributed by atoms with E-state index >= 15 is 0 Å². The van der Waals surface area contributed by atoms with Crippen molar-refractivity contribution in [2.45, 2.75) is 57.4 Å². The Kier molecular flexibility index (Phi) is 4.83. The second kappa shape index (κ2) is 6.15. The fraction of sp³-hybridized carbons (Fsp3) is 1.00. The summed E-state index contributed by atoms with van der Waals surface area (Å²) in [5.74, 6) is 3.06. The molecule has 0 amide bonds. The monoisotopic (exact) mass is 243 g/mol. The van der Waals surface area contributed by atoms with E-state index in [2.05, 4.69) is 0 Å². The minimum absolute atomic E-state index is 0.199. The molecule has 2 rings (SSSR count). The van der Waals surface area contributed by atoms with Crippen LogP contribution in [-0.4, -0.2) is 21.8 Å². The molecular weight excluding hydrogens is 218 g/mol. The quantitative estimate of drug-likeness (QED) is 0.806. The highest BCUT2D eigenvalue weighted by Crippen LogP contribution is 2.28. The van der Waals surface area contributed by atoms with Gasteiger partial charge in [-0.1, -0.05) is 25.7 Å². The van der Waals surface area contributed by atoms with Gasteiger partial charge >= 0.3 is 0 Å². The first-order valence-electron chi connectivity index (χ1n) is 6.86. The molecule has 0 saturated heterocycles. The molecule has 2 saturated carbocycles. The second-order valence-corrected chi connectivity index (χ2v) is 7.18. The van der Waals surface area contributed by atoms with Crippen molar-refractivity contribution < 1.29 is 4.21 Å². The van der Waals surface area contributed by atoms with Crippen LogP contribution in [0, 0.1) is 11.8 Å². The van der Waals surface area contributed by atoms with Crippen molar-refractivity contribution in [2.24, 2.45) is 17.6 Å². The smallest absolute Gasteiger partial charge is 0.0389 e. The van der Waals surface area contributed by atoms with Crippen molar-refractivity contribution >= 4 is 10.8 Å². The normalized spacial score (nSPS) is 27.3. The molecule has 16 heavy (non-hydrogen) atoms. The fourth-order valence-corrected chi connectivity index (χ4v) is 4.94. The largest absolute Gasteiger partial charge is 0.327 e. The van der Waals surface area contributed by atoms with Crippen LogP contribution in [0.1, 0.15) is 51.4 Å². The highest BCUT2D eigenvalue weighted by atomic mass is 32.2. The molecule has 0 aliphatic heterocycles. The molecule has 2 unspecified atom stereocenters. The lowest BCUT2D eigenvalue weighted by atomic mass is 10.0. The van der Waals surface area contributed by atoms with E-state index < -0.39 is 10.8 Å². The maximum Gasteiger partial charge on any atom is 0.0389 e. The van der Waals surface area contributed by atoms with Gasteiger partial charge in [0, 0.05) is 28.3 Å².